The van der Waals surface area contributed by atoms with Gasteiger partial charge in [-0.2, -0.15) is 5.10 Å². The van der Waals surface area contributed by atoms with Crippen LogP contribution >= 0.6 is 0 Å². The number of aryl methyl sites for hydroxylation is 1. The Morgan fingerprint density at radius 3 is 2.52 bits per heavy atom. The first-order chi connectivity index (χ1) is 9.99. The van der Waals surface area contributed by atoms with Crippen LogP contribution in [0.4, 0.5) is 5.69 Å². The van der Waals surface area contributed by atoms with Crippen LogP contribution in [0.25, 0.3) is 5.69 Å². The van der Waals surface area contributed by atoms with Crippen molar-refractivity contribution in [3.8, 4) is 5.69 Å². The lowest BCUT2D eigenvalue weighted by Gasteiger charge is -2.18. The van der Waals surface area contributed by atoms with Gasteiger partial charge in [0.15, 0.2) is 0 Å². The Hall–Kier alpha value is -2.37. The summed E-state index contributed by atoms with van der Waals surface area (Å²) in [7, 11) is 0. The predicted molar refractivity (Wildman–Crippen MR) is 82.5 cm³/mol. The van der Waals surface area contributed by atoms with Crippen LogP contribution < -0.4 is 5.73 Å². The van der Waals surface area contributed by atoms with Gasteiger partial charge in [-0.15, -0.1) is 0 Å². The third-order valence-electron chi connectivity index (χ3n) is 3.61. The van der Waals surface area contributed by atoms with Crippen molar-refractivity contribution in [3.05, 3.63) is 35.4 Å². The summed E-state index contributed by atoms with van der Waals surface area (Å²) >= 11 is 0. The molecule has 0 aliphatic rings. The van der Waals surface area contributed by atoms with Crippen LogP contribution in [0.1, 0.15) is 35.7 Å². The number of nitrogens with zero attached hydrogens (tertiary/aromatic N) is 4. The minimum absolute atomic E-state index is 0.0728. The van der Waals surface area contributed by atoms with Gasteiger partial charge in [0.1, 0.15) is 5.69 Å². The minimum Gasteiger partial charge on any atom is -0.396 e. The number of pyridine rings is 1. The number of hydrogen-bond acceptors (Lipinski definition) is 4. The fourth-order valence-corrected chi connectivity index (χ4v) is 2.25. The molecule has 0 atom stereocenters. The van der Waals surface area contributed by atoms with E-state index in [1.54, 1.807) is 21.8 Å². The van der Waals surface area contributed by atoms with Crippen molar-refractivity contribution in [3.63, 3.8) is 0 Å². The summed E-state index contributed by atoms with van der Waals surface area (Å²) in [5, 5.41) is 4.40. The number of anilines is 1. The van der Waals surface area contributed by atoms with Crippen LogP contribution in [0.2, 0.25) is 0 Å². The number of carbonyl (C=O) groups is 1. The minimum atomic E-state index is -0.0728. The number of aromatic nitrogens is 3. The smallest absolute Gasteiger partial charge is 0.272 e. The molecule has 6 nitrogen and oxygen atoms in total. The molecule has 0 spiro atoms. The summed E-state index contributed by atoms with van der Waals surface area (Å²) in [5.74, 6) is -0.0728. The number of nitrogen functional groups attached to an aromatic ring is 1. The molecular formula is C15H21N5O. The van der Waals surface area contributed by atoms with E-state index >= 15 is 0 Å². The van der Waals surface area contributed by atoms with E-state index in [4.69, 9.17) is 5.73 Å². The van der Waals surface area contributed by atoms with Crippen LogP contribution in [-0.2, 0) is 0 Å². The second-order valence-corrected chi connectivity index (χ2v) is 4.87. The molecule has 21 heavy (non-hydrogen) atoms. The normalized spacial score (nSPS) is 10.7. The fraction of sp³-hybridized carbons (Fsp3) is 0.400. The van der Waals surface area contributed by atoms with Gasteiger partial charge in [0, 0.05) is 19.3 Å². The molecule has 0 aliphatic heterocycles. The Kier molecular flexibility index (Phi) is 4.26. The van der Waals surface area contributed by atoms with Gasteiger partial charge in [-0.25, -0.2) is 4.68 Å². The van der Waals surface area contributed by atoms with Gasteiger partial charge >= 0.3 is 0 Å². The van der Waals surface area contributed by atoms with Crippen molar-refractivity contribution in [1.29, 1.82) is 0 Å². The first kappa shape index (κ1) is 15.0. The standard InChI is InChI=1S/C15H21N5O/c1-5-19(6-2)15(21)13-9-12(7-8-17-13)20-11(4)14(16)10(3)18-20/h7-9H,5-6,16H2,1-4H3. The lowest BCUT2D eigenvalue weighted by molar-refractivity contribution is 0.0767. The molecule has 2 N–H and O–H groups in total. The number of rotatable bonds is 4. The highest BCUT2D eigenvalue weighted by Crippen LogP contribution is 2.19. The highest BCUT2D eigenvalue weighted by molar-refractivity contribution is 5.92. The van der Waals surface area contributed by atoms with Gasteiger partial charge < -0.3 is 10.6 Å². The van der Waals surface area contributed by atoms with E-state index in [1.165, 1.54) is 0 Å². The summed E-state index contributed by atoms with van der Waals surface area (Å²) < 4.78 is 1.74. The van der Waals surface area contributed by atoms with E-state index in [-0.39, 0.29) is 5.91 Å². The summed E-state index contributed by atoms with van der Waals surface area (Å²) in [6.45, 7) is 8.99. The zero-order valence-electron chi connectivity index (χ0n) is 12.9. The van der Waals surface area contributed by atoms with E-state index in [0.717, 1.165) is 17.1 Å². The third-order valence-corrected chi connectivity index (χ3v) is 3.61. The third kappa shape index (κ3) is 2.74. The van der Waals surface area contributed by atoms with Crippen molar-refractivity contribution in [2.75, 3.05) is 18.8 Å². The molecule has 0 unspecified atom stereocenters. The van der Waals surface area contributed by atoms with E-state index in [0.29, 0.717) is 24.5 Å². The molecule has 6 heteroatoms. The molecular weight excluding hydrogens is 266 g/mol. The van der Waals surface area contributed by atoms with Crippen LogP contribution in [0, 0.1) is 13.8 Å². The van der Waals surface area contributed by atoms with Crippen LogP contribution in [0.5, 0.6) is 0 Å². The number of nitrogens with two attached hydrogens (primary N) is 1. The van der Waals surface area contributed by atoms with Crippen molar-refractivity contribution >= 4 is 11.6 Å². The quantitative estimate of drug-likeness (QED) is 0.932. The molecule has 112 valence electrons. The number of hydrogen-bond donors (Lipinski definition) is 1. The highest BCUT2D eigenvalue weighted by atomic mass is 16.2. The second-order valence-electron chi connectivity index (χ2n) is 4.87. The SMILES string of the molecule is CCN(CC)C(=O)c1cc(-n2nc(C)c(N)c2C)ccn1. The zero-order chi connectivity index (χ0) is 15.6. The maximum absolute atomic E-state index is 12.4. The summed E-state index contributed by atoms with van der Waals surface area (Å²) in [5.41, 5.74) is 9.47. The van der Waals surface area contributed by atoms with Gasteiger partial charge in [-0.1, -0.05) is 0 Å². The van der Waals surface area contributed by atoms with Gasteiger partial charge in [0.05, 0.1) is 22.8 Å². The maximum Gasteiger partial charge on any atom is 0.272 e. The van der Waals surface area contributed by atoms with Crippen LogP contribution in [-0.4, -0.2) is 38.7 Å². The average molecular weight is 287 g/mol. The van der Waals surface area contributed by atoms with Crippen molar-refractivity contribution in [2.45, 2.75) is 27.7 Å². The summed E-state index contributed by atoms with van der Waals surface area (Å²) in [6.07, 6.45) is 1.62. The monoisotopic (exact) mass is 287 g/mol. The van der Waals surface area contributed by atoms with E-state index < -0.39 is 0 Å². The van der Waals surface area contributed by atoms with Gasteiger partial charge in [-0.3, -0.25) is 9.78 Å². The molecule has 0 aromatic carbocycles. The zero-order valence-corrected chi connectivity index (χ0v) is 12.9. The van der Waals surface area contributed by atoms with Crippen LogP contribution in [0.15, 0.2) is 18.3 Å². The van der Waals surface area contributed by atoms with Crippen molar-refractivity contribution < 1.29 is 4.79 Å². The topological polar surface area (TPSA) is 77.0 Å². The predicted octanol–water partition coefficient (Wildman–Crippen LogP) is 1.95. The van der Waals surface area contributed by atoms with E-state index in [9.17, 15) is 4.79 Å². The Bertz CT molecular complexity index is 658. The molecule has 0 bridgehead atoms. The highest BCUT2D eigenvalue weighted by Gasteiger charge is 2.16. The Morgan fingerprint density at radius 1 is 1.33 bits per heavy atom. The largest absolute Gasteiger partial charge is 0.396 e. The molecule has 0 radical (unpaired) electrons. The summed E-state index contributed by atoms with van der Waals surface area (Å²) in [6, 6.07) is 3.57. The fourth-order valence-electron chi connectivity index (χ4n) is 2.25. The first-order valence-corrected chi connectivity index (χ1v) is 7.07. The molecule has 0 fully saturated rings. The number of carbonyl (C=O) groups excluding carboxylic acids is 1. The molecule has 0 saturated carbocycles. The Morgan fingerprint density at radius 2 is 2.00 bits per heavy atom. The van der Waals surface area contributed by atoms with Gasteiger partial charge in [-0.05, 0) is 39.8 Å². The van der Waals surface area contributed by atoms with Gasteiger partial charge in [0.2, 0.25) is 0 Å². The number of amides is 1. The van der Waals surface area contributed by atoms with Crippen LogP contribution in [0.3, 0.4) is 0 Å². The lowest BCUT2D eigenvalue weighted by atomic mass is 10.2. The molecule has 1 amide bonds. The Labute approximate surface area is 124 Å². The van der Waals surface area contributed by atoms with Crippen molar-refractivity contribution in [2.24, 2.45) is 0 Å². The molecule has 2 heterocycles. The molecule has 2 aromatic rings. The van der Waals surface area contributed by atoms with E-state index in [1.807, 2.05) is 33.8 Å². The average Bonchev–Trinajstić information content (AvgIpc) is 2.76. The summed E-state index contributed by atoms with van der Waals surface area (Å²) in [4.78, 5) is 18.3. The van der Waals surface area contributed by atoms with Crippen molar-refractivity contribution in [1.82, 2.24) is 19.7 Å². The molecule has 2 rings (SSSR count). The Balaban J connectivity index is 2.42. The lowest BCUT2D eigenvalue weighted by Crippen LogP contribution is -2.31. The molecule has 0 aliphatic carbocycles. The second kappa shape index (κ2) is 5.95. The van der Waals surface area contributed by atoms with E-state index in [2.05, 4.69) is 10.1 Å². The first-order valence-electron chi connectivity index (χ1n) is 7.07. The molecule has 0 saturated heterocycles. The maximum atomic E-state index is 12.4. The van der Waals surface area contributed by atoms with Gasteiger partial charge in [0.25, 0.3) is 5.91 Å². The molecule has 2 aromatic heterocycles.